The van der Waals surface area contributed by atoms with Gasteiger partial charge in [0.2, 0.25) is 0 Å². The summed E-state index contributed by atoms with van der Waals surface area (Å²) in [6, 6.07) is 0.579. The molecule has 0 aromatic heterocycles. The van der Waals surface area contributed by atoms with Crippen LogP contribution in [0.25, 0.3) is 0 Å². The molecule has 3 heteroatoms. The van der Waals surface area contributed by atoms with Gasteiger partial charge >= 0.3 is 91.6 Å². The summed E-state index contributed by atoms with van der Waals surface area (Å²) in [5, 5.41) is 3.46. The standard InChI is InChI=1S/C8H15N.2W/c1-7(2)5-6-9-8(3)4;;/h7-9H,1-4H3;;. The molecular formula is C8H15NW2. The van der Waals surface area contributed by atoms with Gasteiger partial charge in [0.05, 0.1) is 0 Å². The van der Waals surface area contributed by atoms with Gasteiger partial charge < -0.3 is 0 Å². The molecule has 0 spiro atoms. The van der Waals surface area contributed by atoms with Crippen molar-refractivity contribution in [2.45, 2.75) is 33.7 Å². The monoisotopic (exact) mass is 493 g/mol. The molecule has 0 rings (SSSR count). The van der Waals surface area contributed by atoms with E-state index in [4.69, 9.17) is 0 Å². The van der Waals surface area contributed by atoms with Crippen LogP contribution in [0.3, 0.4) is 0 Å². The average Bonchev–Trinajstić information content (AvgIpc) is 1.84. The van der Waals surface area contributed by atoms with Gasteiger partial charge in [-0.2, -0.15) is 0 Å². The van der Waals surface area contributed by atoms with Gasteiger partial charge in [-0.15, -0.1) is 0 Å². The molecule has 0 saturated heterocycles. The van der Waals surface area contributed by atoms with Crippen molar-refractivity contribution in [3.05, 3.63) is 0 Å². The van der Waals surface area contributed by atoms with Gasteiger partial charge in [-0.05, 0) is 0 Å². The van der Waals surface area contributed by atoms with E-state index in [1.165, 1.54) is 4.02 Å². The third-order valence-corrected chi connectivity index (χ3v) is 6.83. The maximum absolute atomic E-state index is 3.46. The number of nitrogens with one attached hydrogen (secondary N) is 1. The first-order valence-corrected chi connectivity index (χ1v) is 6.73. The minimum atomic E-state index is 0.579. The molecular weight excluding hydrogens is 478 g/mol. The van der Waals surface area contributed by atoms with Crippen molar-refractivity contribution < 1.29 is 38.7 Å². The molecule has 0 unspecified atom stereocenters. The molecule has 0 bridgehead atoms. The van der Waals surface area contributed by atoms with Crippen LogP contribution in [0.2, 0.25) is 0 Å². The van der Waals surface area contributed by atoms with Crippen LogP contribution in [-0.4, -0.2) is 14.0 Å². The average molecular weight is 493 g/mol. The fraction of sp³-hybridized carbons (Fsp3) is 0.750. The normalized spacial score (nSPS) is 10.7. The molecule has 0 aliphatic rings. The third kappa shape index (κ3) is 5.34. The number of hydrogen-bond acceptors (Lipinski definition) is 1. The summed E-state index contributed by atoms with van der Waals surface area (Å²) >= 11 is 3.17. The van der Waals surface area contributed by atoms with E-state index in [2.05, 4.69) is 33.0 Å². The molecule has 0 aromatic rings. The Labute approximate surface area is 91.2 Å². The van der Waals surface area contributed by atoms with Crippen LogP contribution in [0.4, 0.5) is 0 Å². The Morgan fingerprint density at radius 2 is 1.55 bits per heavy atom. The summed E-state index contributed by atoms with van der Waals surface area (Å²) in [5.41, 5.74) is 0. The van der Waals surface area contributed by atoms with Crippen LogP contribution >= 0.6 is 0 Å². The summed E-state index contributed by atoms with van der Waals surface area (Å²) in [6.45, 7) is 8.89. The van der Waals surface area contributed by atoms with Gasteiger partial charge in [-0.1, -0.05) is 0 Å². The Morgan fingerprint density at radius 3 is 1.82 bits per heavy atom. The molecule has 0 heterocycles. The molecule has 0 atom stereocenters. The molecule has 11 heavy (non-hydrogen) atoms. The summed E-state index contributed by atoms with van der Waals surface area (Å²) in [7, 11) is 0. The first-order chi connectivity index (χ1) is 4.95. The second kappa shape index (κ2) is 5.68. The van der Waals surface area contributed by atoms with Gasteiger partial charge in [-0.3, -0.25) is 0 Å². The van der Waals surface area contributed by atoms with Crippen molar-refractivity contribution in [2.24, 2.45) is 5.92 Å². The van der Waals surface area contributed by atoms with Gasteiger partial charge in [0.15, 0.2) is 0 Å². The van der Waals surface area contributed by atoms with Crippen molar-refractivity contribution in [1.82, 2.24) is 5.32 Å². The Kier molecular flexibility index (Phi) is 6.23. The molecule has 1 nitrogen and oxygen atoms in total. The number of rotatable bonds is 4. The zero-order valence-electron chi connectivity index (χ0n) is 7.47. The van der Waals surface area contributed by atoms with Crippen molar-refractivity contribution in [1.29, 1.82) is 0 Å². The number of hydrogen-bond donors (Lipinski definition) is 1. The second-order valence-electron chi connectivity index (χ2n) is 3.15. The topological polar surface area (TPSA) is 12.0 Å². The molecule has 64 valence electrons. The molecule has 0 amide bonds. The summed E-state index contributed by atoms with van der Waals surface area (Å²) < 4.78 is 3.03. The molecule has 0 aliphatic heterocycles. The molecule has 0 aromatic carbocycles. The van der Waals surface area contributed by atoms with E-state index in [1.807, 2.05) is 0 Å². The van der Waals surface area contributed by atoms with Crippen LogP contribution in [-0.2, 0) is 38.7 Å². The van der Waals surface area contributed by atoms with Crippen LogP contribution < -0.4 is 5.32 Å². The fourth-order valence-corrected chi connectivity index (χ4v) is 2.50. The van der Waals surface area contributed by atoms with E-state index in [0.717, 1.165) is 0 Å². The summed E-state index contributed by atoms with van der Waals surface area (Å²) in [6.07, 6.45) is 0. The maximum atomic E-state index is 3.46. The van der Waals surface area contributed by atoms with E-state index in [9.17, 15) is 0 Å². The molecule has 0 saturated carbocycles. The van der Waals surface area contributed by atoms with E-state index < -0.39 is 0 Å². The molecule has 1 N–H and O–H groups in total. The SMILES string of the molecule is CC(C)N[C](=[W])[C](=[W])C(C)C. The molecule has 0 fully saturated rings. The third-order valence-electron chi connectivity index (χ3n) is 1.17. The Hall–Kier alpha value is 1.08. The minimum absolute atomic E-state index is 0.579. The van der Waals surface area contributed by atoms with E-state index in [-0.39, 0.29) is 0 Å². The molecule has 0 aliphatic carbocycles. The Bertz CT molecular complexity index is 161. The first-order valence-electron chi connectivity index (χ1n) is 3.79. The van der Waals surface area contributed by atoms with Crippen LogP contribution in [0.15, 0.2) is 0 Å². The van der Waals surface area contributed by atoms with E-state index >= 15 is 0 Å². The van der Waals surface area contributed by atoms with Crippen molar-refractivity contribution >= 4 is 7.92 Å². The van der Waals surface area contributed by atoms with E-state index in [0.29, 0.717) is 12.0 Å². The molecule has 0 radical (unpaired) electrons. The fourth-order valence-electron chi connectivity index (χ4n) is 0.596. The quantitative estimate of drug-likeness (QED) is 0.618. The van der Waals surface area contributed by atoms with Gasteiger partial charge in [0.25, 0.3) is 0 Å². The van der Waals surface area contributed by atoms with Crippen LogP contribution in [0.1, 0.15) is 27.7 Å². The van der Waals surface area contributed by atoms with Gasteiger partial charge in [-0.25, -0.2) is 0 Å². The Morgan fingerprint density at radius 1 is 1.09 bits per heavy atom. The zero-order valence-corrected chi connectivity index (χ0v) is 13.3. The summed E-state index contributed by atoms with van der Waals surface area (Å²) in [5.74, 6) is 0.712. The van der Waals surface area contributed by atoms with Crippen molar-refractivity contribution in [3.63, 3.8) is 0 Å². The Balaban J connectivity index is 3.94. The zero-order chi connectivity index (χ0) is 9.02. The van der Waals surface area contributed by atoms with Gasteiger partial charge in [0, 0.05) is 0 Å². The second-order valence-corrected chi connectivity index (χ2v) is 6.19. The summed E-state index contributed by atoms with van der Waals surface area (Å²) in [4.78, 5) is 0. The predicted octanol–water partition coefficient (Wildman–Crippen LogP) is 1.04. The van der Waals surface area contributed by atoms with Crippen LogP contribution in [0.5, 0.6) is 0 Å². The first kappa shape index (κ1) is 12.1. The van der Waals surface area contributed by atoms with Crippen LogP contribution in [0, 0.1) is 5.92 Å². The van der Waals surface area contributed by atoms with Crippen molar-refractivity contribution in [3.8, 4) is 0 Å². The van der Waals surface area contributed by atoms with Gasteiger partial charge in [0.1, 0.15) is 0 Å². The van der Waals surface area contributed by atoms with E-state index in [1.54, 1.807) is 42.6 Å². The predicted molar refractivity (Wildman–Crippen MR) is 43.1 cm³/mol. The van der Waals surface area contributed by atoms with Crippen molar-refractivity contribution in [2.75, 3.05) is 0 Å².